The monoisotopic (exact) mass is 441 g/mol. The molecule has 0 radical (unpaired) electrons. The Hall–Kier alpha value is -2.11. The second-order valence-corrected chi connectivity index (χ2v) is 15.7. The zero-order valence-electron chi connectivity index (χ0n) is 20.7. The second kappa shape index (κ2) is 9.17. The highest BCUT2D eigenvalue weighted by molar-refractivity contribution is 6.74. The van der Waals surface area contributed by atoms with Crippen LogP contribution in [-0.4, -0.2) is 30.0 Å². The average Bonchev–Trinajstić information content (AvgIpc) is 2.64. The van der Waals surface area contributed by atoms with Crippen molar-refractivity contribution in [1.29, 1.82) is 0 Å². The molecule has 0 unspecified atom stereocenters. The van der Waals surface area contributed by atoms with Crippen molar-refractivity contribution >= 4 is 14.4 Å². The molecule has 0 fully saturated rings. The Morgan fingerprint density at radius 3 is 2.16 bits per heavy atom. The Bertz CT molecular complexity index is 923. The number of hydrogen-bond acceptors (Lipinski definition) is 2. The van der Waals surface area contributed by atoms with Crippen LogP contribution < -0.4 is 0 Å². The Kier molecular flexibility index (Phi) is 7.44. The first kappa shape index (κ1) is 25.2. The van der Waals surface area contributed by atoms with Crippen LogP contribution >= 0.6 is 0 Å². The van der Waals surface area contributed by atoms with Crippen molar-refractivity contribution in [3.63, 3.8) is 0 Å². The van der Waals surface area contributed by atoms with Gasteiger partial charge in [-0.1, -0.05) is 51.1 Å². The van der Waals surface area contributed by atoms with Gasteiger partial charge in [0.05, 0.1) is 6.61 Å². The fourth-order valence-electron chi connectivity index (χ4n) is 3.10. The maximum absolute atomic E-state index is 11.8. The molecule has 0 bridgehead atoms. The minimum Gasteiger partial charge on any atom is -0.465 e. The minimum absolute atomic E-state index is 0.180. The summed E-state index contributed by atoms with van der Waals surface area (Å²) in [5.41, 5.74) is 5.03. The Balaban J connectivity index is 2.29. The van der Waals surface area contributed by atoms with Gasteiger partial charge in [-0.3, -0.25) is 4.90 Å². The van der Waals surface area contributed by atoms with Crippen molar-refractivity contribution in [2.75, 3.05) is 0 Å². The van der Waals surface area contributed by atoms with E-state index in [1.165, 1.54) is 4.90 Å². The van der Waals surface area contributed by atoms with E-state index >= 15 is 0 Å². The van der Waals surface area contributed by atoms with Gasteiger partial charge in [-0.25, -0.2) is 4.79 Å². The van der Waals surface area contributed by atoms with Gasteiger partial charge in [0, 0.05) is 12.1 Å². The van der Waals surface area contributed by atoms with Gasteiger partial charge < -0.3 is 9.53 Å². The second-order valence-electron chi connectivity index (χ2n) is 10.9. The highest BCUT2D eigenvalue weighted by Gasteiger charge is 2.37. The summed E-state index contributed by atoms with van der Waals surface area (Å²) in [5, 5.41) is 9.86. The van der Waals surface area contributed by atoms with Gasteiger partial charge in [0.15, 0.2) is 8.32 Å². The number of hydrogen-bond donors (Lipinski definition) is 1. The first-order valence-corrected chi connectivity index (χ1v) is 13.9. The van der Waals surface area contributed by atoms with Crippen molar-refractivity contribution in [2.24, 2.45) is 0 Å². The van der Waals surface area contributed by atoms with Gasteiger partial charge in [0.2, 0.25) is 0 Å². The molecule has 0 saturated heterocycles. The third kappa shape index (κ3) is 6.44. The molecule has 2 aromatic carbocycles. The third-order valence-corrected chi connectivity index (χ3v) is 10.9. The molecule has 170 valence electrons. The quantitative estimate of drug-likeness (QED) is 0.473. The summed E-state index contributed by atoms with van der Waals surface area (Å²) in [4.78, 5) is 13.3. The largest absolute Gasteiger partial charge is 0.465 e. The van der Waals surface area contributed by atoms with E-state index < -0.39 is 19.9 Å². The molecule has 2 aromatic rings. The van der Waals surface area contributed by atoms with E-state index in [2.05, 4.69) is 76.3 Å². The van der Waals surface area contributed by atoms with Gasteiger partial charge in [0.1, 0.15) is 0 Å². The van der Waals surface area contributed by atoms with Crippen LogP contribution in [0.1, 0.15) is 58.2 Å². The van der Waals surface area contributed by atoms with Crippen molar-refractivity contribution < 1.29 is 14.3 Å². The normalized spacial score (nSPS) is 12.7. The highest BCUT2D eigenvalue weighted by Crippen LogP contribution is 2.37. The van der Waals surface area contributed by atoms with E-state index in [4.69, 9.17) is 4.43 Å². The number of nitrogens with zero attached hydrogens (tertiary/aromatic N) is 1. The van der Waals surface area contributed by atoms with Crippen LogP contribution in [0.25, 0.3) is 11.1 Å². The van der Waals surface area contributed by atoms with Crippen LogP contribution in [-0.2, 0) is 17.6 Å². The fraction of sp³-hybridized carbons (Fsp3) is 0.500. The van der Waals surface area contributed by atoms with E-state index in [1.807, 2.05) is 27.7 Å². The maximum atomic E-state index is 11.8. The summed E-state index contributed by atoms with van der Waals surface area (Å²) < 4.78 is 6.40. The standard InChI is InChI=1S/C26H39NO3Si/c1-19-13-14-22(16-23(19)17-27(24(28)29)25(2,3)4)21-12-10-11-20(15-21)18-30-31(8,9)26(5,6)7/h10-16H,17-18H2,1-9H3,(H,28,29). The van der Waals surface area contributed by atoms with E-state index in [9.17, 15) is 9.90 Å². The SMILES string of the molecule is Cc1ccc(-c2cccc(CO[Si](C)(C)C(C)(C)C)c2)cc1CN(C(=O)O)C(C)(C)C. The van der Waals surface area contributed by atoms with Gasteiger partial charge in [0.25, 0.3) is 0 Å². The summed E-state index contributed by atoms with van der Waals surface area (Å²) in [6.07, 6.45) is -0.901. The number of carboxylic acid groups (broad SMARTS) is 1. The topological polar surface area (TPSA) is 49.8 Å². The maximum Gasteiger partial charge on any atom is 0.408 e. The molecule has 0 aliphatic carbocycles. The lowest BCUT2D eigenvalue weighted by molar-refractivity contribution is 0.0954. The van der Waals surface area contributed by atoms with Gasteiger partial charge in [-0.05, 0) is 85.8 Å². The minimum atomic E-state index is -1.81. The van der Waals surface area contributed by atoms with Crippen molar-refractivity contribution in [2.45, 2.75) is 85.3 Å². The van der Waals surface area contributed by atoms with E-state index in [-0.39, 0.29) is 5.04 Å². The average molecular weight is 442 g/mol. The molecule has 0 aliphatic heterocycles. The Morgan fingerprint density at radius 2 is 1.61 bits per heavy atom. The van der Waals surface area contributed by atoms with Crippen LogP contribution in [0.5, 0.6) is 0 Å². The highest BCUT2D eigenvalue weighted by atomic mass is 28.4. The predicted octanol–water partition coefficient (Wildman–Crippen LogP) is 7.46. The molecule has 1 N–H and O–H groups in total. The Morgan fingerprint density at radius 1 is 1.00 bits per heavy atom. The van der Waals surface area contributed by atoms with E-state index in [1.54, 1.807) is 0 Å². The lowest BCUT2D eigenvalue weighted by Gasteiger charge is -2.36. The summed E-state index contributed by atoms with van der Waals surface area (Å²) >= 11 is 0. The number of rotatable bonds is 6. The third-order valence-electron chi connectivity index (χ3n) is 6.38. The molecule has 0 spiro atoms. The molecular formula is C26H39NO3Si. The molecule has 0 heterocycles. The summed E-state index contributed by atoms with van der Waals surface area (Å²) in [6.45, 7) is 20.1. The molecule has 2 rings (SSSR count). The van der Waals surface area contributed by atoms with Crippen molar-refractivity contribution in [3.05, 3.63) is 59.2 Å². The van der Waals surface area contributed by atoms with Crippen LogP contribution in [0.15, 0.2) is 42.5 Å². The van der Waals surface area contributed by atoms with Gasteiger partial charge in [-0.15, -0.1) is 0 Å². The molecule has 5 heteroatoms. The smallest absolute Gasteiger partial charge is 0.408 e. The molecule has 0 saturated carbocycles. The number of carbonyl (C=O) groups is 1. The first-order valence-electron chi connectivity index (χ1n) is 11.0. The lowest BCUT2D eigenvalue weighted by Crippen LogP contribution is -2.44. The number of aryl methyl sites for hydroxylation is 1. The number of amides is 1. The molecule has 0 aromatic heterocycles. The zero-order valence-corrected chi connectivity index (χ0v) is 21.7. The van der Waals surface area contributed by atoms with Crippen LogP contribution in [0.3, 0.4) is 0 Å². The fourth-order valence-corrected chi connectivity index (χ4v) is 4.06. The van der Waals surface area contributed by atoms with Gasteiger partial charge >= 0.3 is 6.09 Å². The van der Waals surface area contributed by atoms with Crippen molar-refractivity contribution in [1.82, 2.24) is 4.90 Å². The molecule has 31 heavy (non-hydrogen) atoms. The summed E-state index contributed by atoms with van der Waals surface area (Å²) in [7, 11) is -1.81. The predicted molar refractivity (Wildman–Crippen MR) is 132 cm³/mol. The molecule has 1 amide bonds. The molecular weight excluding hydrogens is 402 g/mol. The van der Waals surface area contributed by atoms with Crippen LogP contribution in [0.2, 0.25) is 18.1 Å². The Labute approximate surface area is 189 Å². The number of benzene rings is 2. The molecule has 4 nitrogen and oxygen atoms in total. The van der Waals surface area contributed by atoms with Crippen LogP contribution in [0, 0.1) is 6.92 Å². The van der Waals surface area contributed by atoms with Crippen LogP contribution in [0.4, 0.5) is 4.79 Å². The summed E-state index contributed by atoms with van der Waals surface area (Å²) in [5.74, 6) is 0. The van der Waals surface area contributed by atoms with Gasteiger partial charge in [-0.2, -0.15) is 0 Å². The van der Waals surface area contributed by atoms with Crippen molar-refractivity contribution in [3.8, 4) is 11.1 Å². The molecule has 0 aliphatic rings. The first-order chi connectivity index (χ1) is 14.1. The molecule has 0 atom stereocenters. The lowest BCUT2D eigenvalue weighted by atomic mass is 9.97. The summed E-state index contributed by atoms with van der Waals surface area (Å²) in [6, 6.07) is 14.8. The van der Waals surface area contributed by atoms with E-state index in [0.29, 0.717) is 13.2 Å². The zero-order chi connectivity index (χ0) is 23.6. The van der Waals surface area contributed by atoms with E-state index in [0.717, 1.165) is 27.8 Å².